The first kappa shape index (κ1) is 17.6. The molecule has 0 radical (unpaired) electrons. The minimum atomic E-state index is 0.481. The Morgan fingerprint density at radius 2 is 1.83 bits per heavy atom. The van der Waals surface area contributed by atoms with E-state index >= 15 is 0 Å². The number of ether oxygens (including phenoxy) is 2. The van der Waals surface area contributed by atoms with Gasteiger partial charge in [-0.3, -0.25) is 0 Å². The van der Waals surface area contributed by atoms with Crippen LogP contribution in [0.4, 0.5) is 0 Å². The number of halogens is 1. The molecule has 0 fully saturated rings. The summed E-state index contributed by atoms with van der Waals surface area (Å²) in [6.45, 7) is 6.58. The van der Waals surface area contributed by atoms with Crippen molar-refractivity contribution in [2.24, 2.45) is 5.92 Å². The zero-order chi connectivity index (χ0) is 16.7. The van der Waals surface area contributed by atoms with E-state index < -0.39 is 0 Å². The largest absolute Gasteiger partial charge is 0.493 e. The van der Waals surface area contributed by atoms with E-state index in [2.05, 4.69) is 25.2 Å². The van der Waals surface area contributed by atoms with Crippen molar-refractivity contribution in [3.63, 3.8) is 0 Å². The number of nitrogens with one attached hydrogen (secondary N) is 1. The van der Waals surface area contributed by atoms with Crippen molar-refractivity contribution in [3.05, 3.63) is 58.6 Å². The molecular formula is C19H24ClNO2. The number of para-hydroxylation sites is 1. The fraction of sp³-hybridized carbons (Fsp3) is 0.368. The number of rotatable bonds is 8. The van der Waals surface area contributed by atoms with E-state index in [0.717, 1.165) is 40.7 Å². The fourth-order valence-electron chi connectivity index (χ4n) is 2.26. The number of hydrogen-bond donors (Lipinski definition) is 1. The Bertz CT molecular complexity index is 611. The van der Waals surface area contributed by atoms with E-state index in [0.29, 0.717) is 12.5 Å². The Kier molecular flexibility index (Phi) is 6.75. The third-order valence-corrected chi connectivity index (χ3v) is 3.70. The lowest BCUT2D eigenvalue weighted by atomic mass is 10.1. The monoisotopic (exact) mass is 333 g/mol. The third kappa shape index (κ3) is 5.45. The molecular weight excluding hydrogens is 310 g/mol. The predicted molar refractivity (Wildman–Crippen MR) is 95.3 cm³/mol. The average Bonchev–Trinajstić information content (AvgIpc) is 2.54. The third-order valence-electron chi connectivity index (χ3n) is 3.44. The van der Waals surface area contributed by atoms with Gasteiger partial charge < -0.3 is 14.8 Å². The van der Waals surface area contributed by atoms with Crippen LogP contribution >= 0.6 is 11.6 Å². The lowest BCUT2D eigenvalue weighted by Gasteiger charge is -2.16. The van der Waals surface area contributed by atoms with Crippen LogP contribution in [0.15, 0.2) is 42.5 Å². The Morgan fingerprint density at radius 3 is 2.48 bits per heavy atom. The molecule has 23 heavy (non-hydrogen) atoms. The molecule has 0 saturated heterocycles. The molecule has 0 aliphatic carbocycles. The molecule has 0 heterocycles. The second-order valence-corrected chi connectivity index (χ2v) is 6.32. The van der Waals surface area contributed by atoms with Gasteiger partial charge in [0.2, 0.25) is 0 Å². The van der Waals surface area contributed by atoms with Gasteiger partial charge in [-0.25, -0.2) is 0 Å². The van der Waals surface area contributed by atoms with E-state index in [9.17, 15) is 0 Å². The maximum absolute atomic E-state index is 6.03. The van der Waals surface area contributed by atoms with Gasteiger partial charge in [0, 0.05) is 17.1 Å². The van der Waals surface area contributed by atoms with Crippen LogP contribution in [0.3, 0.4) is 0 Å². The quantitative estimate of drug-likeness (QED) is 0.761. The maximum Gasteiger partial charge on any atom is 0.166 e. The second kappa shape index (κ2) is 8.80. The van der Waals surface area contributed by atoms with Crippen LogP contribution in [0.2, 0.25) is 5.02 Å². The van der Waals surface area contributed by atoms with Crippen molar-refractivity contribution in [3.8, 4) is 11.5 Å². The van der Waals surface area contributed by atoms with E-state index in [1.807, 2.05) is 36.4 Å². The Labute approximate surface area is 143 Å². The van der Waals surface area contributed by atoms with Crippen molar-refractivity contribution in [2.75, 3.05) is 13.7 Å². The van der Waals surface area contributed by atoms with Gasteiger partial charge >= 0.3 is 0 Å². The molecule has 0 saturated carbocycles. The molecule has 3 nitrogen and oxygen atoms in total. The van der Waals surface area contributed by atoms with Gasteiger partial charge in [0.05, 0.1) is 7.11 Å². The highest BCUT2D eigenvalue weighted by Crippen LogP contribution is 2.32. The highest BCUT2D eigenvalue weighted by Gasteiger charge is 2.11. The van der Waals surface area contributed by atoms with Crippen molar-refractivity contribution in [1.82, 2.24) is 5.32 Å². The molecule has 0 aliphatic rings. The molecule has 124 valence electrons. The average molecular weight is 334 g/mol. The van der Waals surface area contributed by atoms with Crippen molar-refractivity contribution in [2.45, 2.75) is 27.0 Å². The zero-order valence-electron chi connectivity index (χ0n) is 13.9. The van der Waals surface area contributed by atoms with E-state index in [4.69, 9.17) is 21.1 Å². The van der Waals surface area contributed by atoms with Gasteiger partial charge in [-0.15, -0.1) is 0 Å². The standard InChI is InChI=1S/C19H24ClNO2/c1-14(2)11-21-12-16-5-4-6-18(22-3)19(16)23-13-15-7-9-17(20)10-8-15/h4-10,14,21H,11-13H2,1-3H3. The highest BCUT2D eigenvalue weighted by atomic mass is 35.5. The molecule has 2 rings (SSSR count). The lowest BCUT2D eigenvalue weighted by molar-refractivity contribution is 0.280. The van der Waals surface area contributed by atoms with Gasteiger partial charge in [-0.05, 0) is 36.2 Å². The Balaban J connectivity index is 2.09. The SMILES string of the molecule is COc1cccc(CNCC(C)C)c1OCc1ccc(Cl)cc1. The van der Waals surface area contributed by atoms with Crippen LogP contribution in [0.5, 0.6) is 11.5 Å². The predicted octanol–water partition coefficient (Wildman–Crippen LogP) is 4.67. The van der Waals surface area contributed by atoms with Crippen LogP contribution in [-0.4, -0.2) is 13.7 Å². The summed E-state index contributed by atoms with van der Waals surface area (Å²) in [5.74, 6) is 2.16. The molecule has 0 amide bonds. The fourth-order valence-corrected chi connectivity index (χ4v) is 2.38. The topological polar surface area (TPSA) is 30.5 Å². The summed E-state index contributed by atoms with van der Waals surface area (Å²) in [6.07, 6.45) is 0. The summed E-state index contributed by atoms with van der Waals surface area (Å²) in [4.78, 5) is 0. The first-order chi connectivity index (χ1) is 11.1. The second-order valence-electron chi connectivity index (χ2n) is 5.89. The summed E-state index contributed by atoms with van der Waals surface area (Å²) < 4.78 is 11.5. The smallest absolute Gasteiger partial charge is 0.166 e. The Morgan fingerprint density at radius 1 is 1.09 bits per heavy atom. The number of benzene rings is 2. The van der Waals surface area contributed by atoms with Crippen LogP contribution in [0.25, 0.3) is 0 Å². The van der Waals surface area contributed by atoms with Gasteiger partial charge in [0.25, 0.3) is 0 Å². The van der Waals surface area contributed by atoms with Crippen molar-refractivity contribution in [1.29, 1.82) is 0 Å². The molecule has 0 spiro atoms. The summed E-state index contributed by atoms with van der Waals surface area (Å²) in [5.41, 5.74) is 2.17. The Hall–Kier alpha value is -1.71. The molecule has 2 aromatic carbocycles. The summed E-state index contributed by atoms with van der Waals surface area (Å²) in [7, 11) is 1.66. The molecule has 0 aliphatic heterocycles. The zero-order valence-corrected chi connectivity index (χ0v) is 14.7. The minimum absolute atomic E-state index is 0.481. The highest BCUT2D eigenvalue weighted by molar-refractivity contribution is 6.30. The summed E-state index contributed by atoms with van der Waals surface area (Å²) in [6, 6.07) is 13.6. The number of methoxy groups -OCH3 is 1. The van der Waals surface area contributed by atoms with E-state index in [1.165, 1.54) is 0 Å². The van der Waals surface area contributed by atoms with E-state index in [-0.39, 0.29) is 0 Å². The molecule has 1 N–H and O–H groups in total. The normalized spacial score (nSPS) is 10.8. The molecule has 0 bridgehead atoms. The molecule has 4 heteroatoms. The van der Waals surface area contributed by atoms with Crippen molar-refractivity contribution < 1.29 is 9.47 Å². The summed E-state index contributed by atoms with van der Waals surface area (Å²) >= 11 is 5.92. The maximum atomic E-state index is 6.03. The first-order valence-electron chi connectivity index (χ1n) is 7.84. The van der Waals surface area contributed by atoms with Gasteiger partial charge in [-0.2, -0.15) is 0 Å². The molecule has 0 atom stereocenters. The van der Waals surface area contributed by atoms with Crippen LogP contribution in [0, 0.1) is 5.92 Å². The number of hydrogen-bond acceptors (Lipinski definition) is 3. The van der Waals surface area contributed by atoms with Crippen LogP contribution in [0.1, 0.15) is 25.0 Å². The van der Waals surface area contributed by atoms with Gasteiger partial charge in [0.15, 0.2) is 11.5 Å². The summed E-state index contributed by atoms with van der Waals surface area (Å²) in [5, 5.41) is 4.17. The van der Waals surface area contributed by atoms with Crippen LogP contribution in [-0.2, 0) is 13.2 Å². The minimum Gasteiger partial charge on any atom is -0.493 e. The van der Waals surface area contributed by atoms with E-state index in [1.54, 1.807) is 7.11 Å². The van der Waals surface area contributed by atoms with Gasteiger partial charge in [0.1, 0.15) is 6.61 Å². The first-order valence-corrected chi connectivity index (χ1v) is 8.21. The lowest BCUT2D eigenvalue weighted by Crippen LogP contribution is -2.19. The van der Waals surface area contributed by atoms with Gasteiger partial charge in [-0.1, -0.05) is 49.7 Å². The van der Waals surface area contributed by atoms with Crippen molar-refractivity contribution >= 4 is 11.6 Å². The molecule has 2 aromatic rings. The van der Waals surface area contributed by atoms with Crippen LogP contribution < -0.4 is 14.8 Å². The molecule has 0 unspecified atom stereocenters. The molecule has 0 aromatic heterocycles.